The van der Waals surface area contributed by atoms with Gasteiger partial charge in [0.05, 0.1) is 12.3 Å². The molecule has 0 bridgehead atoms. The Morgan fingerprint density at radius 3 is 2.23 bits per heavy atom. The molecule has 0 aliphatic heterocycles. The highest BCUT2D eigenvalue weighted by Gasteiger charge is 2.14. The molecule has 26 heavy (non-hydrogen) atoms. The Hall–Kier alpha value is -1.24. The Morgan fingerprint density at radius 1 is 1.00 bits per heavy atom. The summed E-state index contributed by atoms with van der Waals surface area (Å²) in [6, 6.07) is 11.5. The molecule has 0 aromatic heterocycles. The van der Waals surface area contributed by atoms with Gasteiger partial charge < -0.3 is 10.8 Å². The molecular formula is C19H26Cl2F2N2O. The van der Waals surface area contributed by atoms with Crippen molar-refractivity contribution in [2.45, 2.75) is 45.0 Å². The van der Waals surface area contributed by atoms with Gasteiger partial charge in [0, 0.05) is 12.6 Å². The first kappa shape index (κ1) is 24.8. The van der Waals surface area contributed by atoms with E-state index in [1.807, 2.05) is 12.1 Å². The van der Waals surface area contributed by atoms with E-state index in [0.717, 1.165) is 18.1 Å². The summed E-state index contributed by atoms with van der Waals surface area (Å²) in [6.45, 7) is 2.65. The SMILES string of the molecule is CCc1cccc(CNC(N)C(O)CCc2cc(F)cc(F)c2)c1.Cl.Cl. The molecule has 0 aliphatic carbocycles. The van der Waals surface area contributed by atoms with Crippen molar-refractivity contribution in [3.63, 3.8) is 0 Å². The zero-order chi connectivity index (χ0) is 17.5. The molecule has 7 heteroatoms. The van der Waals surface area contributed by atoms with Gasteiger partial charge >= 0.3 is 0 Å². The molecule has 2 atom stereocenters. The highest BCUT2D eigenvalue weighted by Crippen LogP contribution is 2.12. The number of hydrogen-bond acceptors (Lipinski definition) is 3. The number of nitrogens with one attached hydrogen (secondary N) is 1. The summed E-state index contributed by atoms with van der Waals surface area (Å²) < 4.78 is 26.3. The normalized spacial score (nSPS) is 12.7. The zero-order valence-corrected chi connectivity index (χ0v) is 16.3. The first-order valence-electron chi connectivity index (χ1n) is 8.17. The minimum Gasteiger partial charge on any atom is -0.390 e. The molecule has 0 aliphatic rings. The molecule has 2 rings (SSSR count). The molecule has 0 fully saturated rings. The first-order valence-corrected chi connectivity index (χ1v) is 8.17. The lowest BCUT2D eigenvalue weighted by atomic mass is 10.0. The van der Waals surface area contributed by atoms with E-state index in [2.05, 4.69) is 24.4 Å². The van der Waals surface area contributed by atoms with Gasteiger partial charge in [-0.3, -0.25) is 5.32 Å². The molecule has 146 valence electrons. The minimum absolute atomic E-state index is 0. The maximum absolute atomic E-state index is 13.1. The Labute approximate surface area is 165 Å². The van der Waals surface area contributed by atoms with Crippen molar-refractivity contribution >= 4 is 24.8 Å². The number of benzene rings is 2. The molecule has 3 nitrogen and oxygen atoms in total. The number of halogens is 4. The van der Waals surface area contributed by atoms with E-state index >= 15 is 0 Å². The van der Waals surface area contributed by atoms with Crippen LogP contribution >= 0.6 is 24.8 Å². The van der Waals surface area contributed by atoms with Crippen LogP contribution in [0.25, 0.3) is 0 Å². The molecule has 0 heterocycles. The van der Waals surface area contributed by atoms with Crippen molar-refractivity contribution in [2.24, 2.45) is 5.73 Å². The quantitative estimate of drug-likeness (QED) is 0.585. The second-order valence-electron chi connectivity index (χ2n) is 5.96. The second-order valence-corrected chi connectivity index (χ2v) is 5.96. The highest BCUT2D eigenvalue weighted by molar-refractivity contribution is 5.85. The van der Waals surface area contributed by atoms with Crippen LogP contribution < -0.4 is 11.1 Å². The van der Waals surface area contributed by atoms with E-state index in [1.165, 1.54) is 17.7 Å². The minimum atomic E-state index is -0.800. The topological polar surface area (TPSA) is 58.3 Å². The van der Waals surface area contributed by atoms with Crippen LogP contribution in [0, 0.1) is 11.6 Å². The summed E-state index contributed by atoms with van der Waals surface area (Å²) in [7, 11) is 0. The van der Waals surface area contributed by atoms with E-state index in [4.69, 9.17) is 5.73 Å². The lowest BCUT2D eigenvalue weighted by Gasteiger charge is -2.20. The summed E-state index contributed by atoms with van der Waals surface area (Å²) in [5.74, 6) is -1.23. The molecule has 0 radical (unpaired) electrons. The number of rotatable bonds is 8. The number of aliphatic hydroxyl groups excluding tert-OH is 1. The molecule has 2 aromatic rings. The standard InChI is InChI=1S/C19H24F2N2O.2ClH/c1-2-13-4-3-5-15(8-13)12-23-19(22)18(24)7-6-14-9-16(20)11-17(21)10-14;;/h3-5,8-11,18-19,23-24H,2,6-7,12,22H2,1H3;2*1H. The Morgan fingerprint density at radius 2 is 1.62 bits per heavy atom. The number of aryl methyl sites for hydroxylation is 2. The highest BCUT2D eigenvalue weighted by atomic mass is 35.5. The van der Waals surface area contributed by atoms with Gasteiger partial charge in [0.1, 0.15) is 11.6 Å². The van der Waals surface area contributed by atoms with E-state index < -0.39 is 23.9 Å². The fourth-order valence-corrected chi connectivity index (χ4v) is 2.58. The third kappa shape index (κ3) is 7.98. The van der Waals surface area contributed by atoms with Crippen molar-refractivity contribution in [3.05, 3.63) is 70.8 Å². The average Bonchev–Trinajstić information content (AvgIpc) is 2.57. The monoisotopic (exact) mass is 406 g/mol. The fourth-order valence-electron chi connectivity index (χ4n) is 2.58. The van der Waals surface area contributed by atoms with E-state index in [1.54, 1.807) is 0 Å². The van der Waals surface area contributed by atoms with E-state index in [9.17, 15) is 13.9 Å². The first-order chi connectivity index (χ1) is 11.5. The van der Waals surface area contributed by atoms with Gasteiger partial charge in [-0.2, -0.15) is 0 Å². The van der Waals surface area contributed by atoms with Crippen LogP contribution in [0.4, 0.5) is 8.78 Å². The van der Waals surface area contributed by atoms with Gasteiger partial charge in [0.15, 0.2) is 0 Å². The molecule has 2 unspecified atom stereocenters. The summed E-state index contributed by atoms with van der Waals surface area (Å²) in [5.41, 5.74) is 8.81. The van der Waals surface area contributed by atoms with E-state index in [0.29, 0.717) is 24.9 Å². The van der Waals surface area contributed by atoms with Gasteiger partial charge in [0.25, 0.3) is 0 Å². The van der Waals surface area contributed by atoms with Crippen molar-refractivity contribution < 1.29 is 13.9 Å². The smallest absolute Gasteiger partial charge is 0.126 e. The summed E-state index contributed by atoms with van der Waals surface area (Å²) in [5, 5.41) is 13.2. The molecule has 0 spiro atoms. The molecule has 4 N–H and O–H groups in total. The lowest BCUT2D eigenvalue weighted by Crippen LogP contribution is -2.46. The van der Waals surface area contributed by atoms with Crippen LogP contribution in [-0.2, 0) is 19.4 Å². The van der Waals surface area contributed by atoms with Crippen LogP contribution in [0.3, 0.4) is 0 Å². The van der Waals surface area contributed by atoms with Crippen LogP contribution in [0.2, 0.25) is 0 Å². The Balaban J connectivity index is 0.00000312. The van der Waals surface area contributed by atoms with Crippen LogP contribution in [0.1, 0.15) is 30.0 Å². The number of aliphatic hydroxyl groups is 1. The van der Waals surface area contributed by atoms with Crippen molar-refractivity contribution in [1.82, 2.24) is 5.32 Å². The lowest BCUT2D eigenvalue weighted by molar-refractivity contribution is 0.120. The molecule has 0 saturated carbocycles. The van der Waals surface area contributed by atoms with Gasteiger partial charge in [-0.05, 0) is 48.1 Å². The van der Waals surface area contributed by atoms with Gasteiger partial charge in [0.2, 0.25) is 0 Å². The van der Waals surface area contributed by atoms with Gasteiger partial charge in [-0.15, -0.1) is 24.8 Å². The average molecular weight is 407 g/mol. The third-order valence-electron chi connectivity index (χ3n) is 4.01. The maximum atomic E-state index is 13.1. The third-order valence-corrected chi connectivity index (χ3v) is 4.01. The maximum Gasteiger partial charge on any atom is 0.126 e. The van der Waals surface area contributed by atoms with E-state index in [-0.39, 0.29) is 24.8 Å². The summed E-state index contributed by atoms with van der Waals surface area (Å²) >= 11 is 0. The Kier molecular flexibility index (Phi) is 11.6. The predicted octanol–water partition coefficient (Wildman–Crippen LogP) is 3.74. The summed E-state index contributed by atoms with van der Waals surface area (Å²) in [4.78, 5) is 0. The number of hydrogen-bond donors (Lipinski definition) is 3. The predicted molar refractivity (Wildman–Crippen MR) is 106 cm³/mol. The van der Waals surface area contributed by atoms with Crippen LogP contribution in [0.15, 0.2) is 42.5 Å². The number of nitrogens with two attached hydrogens (primary N) is 1. The second kappa shape index (κ2) is 12.2. The van der Waals surface area contributed by atoms with Crippen LogP contribution in [-0.4, -0.2) is 17.4 Å². The van der Waals surface area contributed by atoms with Crippen LogP contribution in [0.5, 0.6) is 0 Å². The molecule has 2 aromatic carbocycles. The van der Waals surface area contributed by atoms with Crippen molar-refractivity contribution in [3.8, 4) is 0 Å². The Bertz CT molecular complexity index is 653. The van der Waals surface area contributed by atoms with Crippen molar-refractivity contribution in [2.75, 3.05) is 0 Å². The van der Waals surface area contributed by atoms with Crippen molar-refractivity contribution in [1.29, 1.82) is 0 Å². The molecule has 0 amide bonds. The molecular weight excluding hydrogens is 381 g/mol. The summed E-state index contributed by atoms with van der Waals surface area (Å²) in [6.07, 6.45) is 0.245. The largest absolute Gasteiger partial charge is 0.390 e. The molecule has 0 saturated heterocycles. The fraction of sp³-hybridized carbons (Fsp3) is 0.368. The van der Waals surface area contributed by atoms with Gasteiger partial charge in [-0.25, -0.2) is 8.78 Å². The van der Waals surface area contributed by atoms with Gasteiger partial charge in [-0.1, -0.05) is 31.2 Å². The zero-order valence-electron chi connectivity index (χ0n) is 14.6.